The molecule has 14 heavy (non-hydrogen) atoms. The van der Waals surface area contributed by atoms with Crippen LogP contribution < -0.4 is 5.32 Å². The van der Waals surface area contributed by atoms with E-state index < -0.39 is 0 Å². The van der Waals surface area contributed by atoms with Gasteiger partial charge in [-0.1, -0.05) is 0 Å². The molecule has 0 aliphatic rings. The molecule has 0 unspecified atom stereocenters. The van der Waals surface area contributed by atoms with E-state index in [9.17, 15) is 4.39 Å². The zero-order valence-corrected chi connectivity index (χ0v) is 8.34. The molecule has 2 nitrogen and oxygen atoms in total. The number of hydrogen-bond acceptors (Lipinski definition) is 1. The van der Waals surface area contributed by atoms with Crippen molar-refractivity contribution in [2.75, 3.05) is 7.05 Å². The van der Waals surface area contributed by atoms with Crippen molar-refractivity contribution in [1.82, 2.24) is 9.88 Å². The quantitative estimate of drug-likeness (QED) is 0.772. The monoisotopic (exact) mass is 192 g/mol. The summed E-state index contributed by atoms with van der Waals surface area (Å²) in [5.41, 5.74) is 1.63. The molecule has 1 aromatic carbocycles. The van der Waals surface area contributed by atoms with Gasteiger partial charge < -0.3 is 9.88 Å². The van der Waals surface area contributed by atoms with Crippen LogP contribution in [0.5, 0.6) is 0 Å². The molecule has 3 heteroatoms. The van der Waals surface area contributed by atoms with Gasteiger partial charge in [0.2, 0.25) is 0 Å². The lowest BCUT2D eigenvalue weighted by Crippen LogP contribution is -2.11. The van der Waals surface area contributed by atoms with Gasteiger partial charge in [-0.05, 0) is 37.7 Å². The van der Waals surface area contributed by atoms with Crippen LogP contribution in [0.1, 0.15) is 5.56 Å². The molecular formula is C11H13FN2. The molecule has 0 amide bonds. The second-order valence-electron chi connectivity index (χ2n) is 3.46. The third-order valence-corrected chi connectivity index (χ3v) is 2.38. The lowest BCUT2D eigenvalue weighted by atomic mass is 10.2. The van der Waals surface area contributed by atoms with E-state index in [0.717, 1.165) is 10.9 Å². The number of hydrogen-bond donors (Lipinski definition) is 1. The van der Waals surface area contributed by atoms with Gasteiger partial charge >= 0.3 is 0 Å². The van der Waals surface area contributed by atoms with E-state index in [0.29, 0.717) is 12.2 Å². The summed E-state index contributed by atoms with van der Waals surface area (Å²) in [6.07, 6.45) is 1.96. The van der Waals surface area contributed by atoms with E-state index in [1.807, 2.05) is 29.9 Å². The minimum atomic E-state index is -0.145. The van der Waals surface area contributed by atoms with Crippen molar-refractivity contribution in [2.45, 2.75) is 13.6 Å². The van der Waals surface area contributed by atoms with Crippen molar-refractivity contribution in [3.05, 3.63) is 35.8 Å². The van der Waals surface area contributed by atoms with E-state index in [1.54, 1.807) is 13.0 Å². The summed E-state index contributed by atoms with van der Waals surface area (Å²) >= 11 is 0. The summed E-state index contributed by atoms with van der Waals surface area (Å²) in [6.45, 7) is 2.48. The van der Waals surface area contributed by atoms with E-state index in [1.165, 1.54) is 0 Å². The zero-order valence-electron chi connectivity index (χ0n) is 8.34. The Morgan fingerprint density at radius 1 is 1.43 bits per heavy atom. The average molecular weight is 192 g/mol. The maximum absolute atomic E-state index is 13.3. The lowest BCUT2D eigenvalue weighted by Gasteiger charge is -2.04. The zero-order chi connectivity index (χ0) is 10.1. The summed E-state index contributed by atoms with van der Waals surface area (Å²) in [7, 11) is 1.87. The maximum Gasteiger partial charge on any atom is 0.128 e. The molecule has 74 valence electrons. The fraction of sp³-hybridized carbons (Fsp3) is 0.273. The Labute approximate surface area is 82.3 Å². The Kier molecular flexibility index (Phi) is 2.25. The third kappa shape index (κ3) is 1.40. The molecular weight excluding hydrogens is 179 g/mol. The van der Waals surface area contributed by atoms with Gasteiger partial charge in [0.25, 0.3) is 0 Å². The predicted molar refractivity (Wildman–Crippen MR) is 55.7 cm³/mol. The summed E-state index contributed by atoms with van der Waals surface area (Å²) in [5.74, 6) is -0.145. The SMILES string of the molecule is CNCn1ccc2cc(C)c(F)cc21. The van der Waals surface area contributed by atoms with Crippen LogP contribution >= 0.6 is 0 Å². The van der Waals surface area contributed by atoms with Gasteiger partial charge in [0, 0.05) is 11.6 Å². The molecule has 2 aromatic rings. The fourth-order valence-electron chi connectivity index (χ4n) is 1.63. The molecule has 1 heterocycles. The molecule has 1 aromatic heterocycles. The number of halogens is 1. The molecule has 0 atom stereocenters. The van der Waals surface area contributed by atoms with Crippen LogP contribution in [0.25, 0.3) is 10.9 Å². The van der Waals surface area contributed by atoms with E-state index in [2.05, 4.69) is 5.32 Å². The number of fused-ring (bicyclic) bond motifs is 1. The number of nitrogens with zero attached hydrogens (tertiary/aromatic N) is 1. The first-order chi connectivity index (χ1) is 6.72. The highest BCUT2D eigenvalue weighted by Crippen LogP contribution is 2.19. The first kappa shape index (κ1) is 9.21. The van der Waals surface area contributed by atoms with Gasteiger partial charge in [-0.2, -0.15) is 0 Å². The van der Waals surface area contributed by atoms with Crippen molar-refractivity contribution in [3.8, 4) is 0 Å². The van der Waals surface area contributed by atoms with Crippen molar-refractivity contribution < 1.29 is 4.39 Å². The van der Waals surface area contributed by atoms with Gasteiger partial charge in [0.05, 0.1) is 12.2 Å². The highest BCUT2D eigenvalue weighted by molar-refractivity contribution is 5.81. The minimum absolute atomic E-state index is 0.145. The summed E-state index contributed by atoms with van der Waals surface area (Å²) < 4.78 is 15.3. The number of aromatic nitrogens is 1. The van der Waals surface area contributed by atoms with Crippen LogP contribution in [0.2, 0.25) is 0 Å². The molecule has 0 saturated heterocycles. The summed E-state index contributed by atoms with van der Waals surface area (Å²) in [4.78, 5) is 0. The molecule has 0 aliphatic heterocycles. The highest BCUT2D eigenvalue weighted by Gasteiger charge is 2.04. The van der Waals surface area contributed by atoms with Crippen molar-refractivity contribution in [3.63, 3.8) is 0 Å². The van der Waals surface area contributed by atoms with E-state index >= 15 is 0 Å². The van der Waals surface area contributed by atoms with Gasteiger partial charge in [0.1, 0.15) is 5.82 Å². The predicted octanol–water partition coefficient (Wildman–Crippen LogP) is 2.27. The van der Waals surface area contributed by atoms with Crippen LogP contribution in [0, 0.1) is 12.7 Å². The third-order valence-electron chi connectivity index (χ3n) is 2.38. The fourth-order valence-corrected chi connectivity index (χ4v) is 1.63. The van der Waals surface area contributed by atoms with E-state index in [-0.39, 0.29) is 5.82 Å². The molecule has 1 N–H and O–H groups in total. The number of aryl methyl sites for hydroxylation is 1. The second-order valence-corrected chi connectivity index (χ2v) is 3.46. The molecule has 0 saturated carbocycles. The molecule has 0 radical (unpaired) electrons. The van der Waals surface area contributed by atoms with Gasteiger partial charge in [-0.25, -0.2) is 4.39 Å². The molecule has 0 bridgehead atoms. The van der Waals surface area contributed by atoms with Crippen LogP contribution in [-0.2, 0) is 6.67 Å². The lowest BCUT2D eigenvalue weighted by molar-refractivity contribution is 0.613. The molecule has 2 rings (SSSR count). The van der Waals surface area contributed by atoms with Crippen LogP contribution in [-0.4, -0.2) is 11.6 Å². The van der Waals surface area contributed by atoms with Gasteiger partial charge in [-0.3, -0.25) is 0 Å². The van der Waals surface area contributed by atoms with Crippen LogP contribution in [0.3, 0.4) is 0 Å². The van der Waals surface area contributed by atoms with Crippen LogP contribution in [0.15, 0.2) is 24.4 Å². The minimum Gasteiger partial charge on any atom is -0.334 e. The Morgan fingerprint density at radius 2 is 2.21 bits per heavy atom. The Hall–Kier alpha value is -1.35. The maximum atomic E-state index is 13.3. The smallest absolute Gasteiger partial charge is 0.128 e. The Balaban J connectivity index is 2.61. The first-order valence-electron chi connectivity index (χ1n) is 4.62. The first-order valence-corrected chi connectivity index (χ1v) is 4.62. The summed E-state index contributed by atoms with van der Waals surface area (Å²) in [6, 6.07) is 5.46. The molecule has 0 aliphatic carbocycles. The number of nitrogens with one attached hydrogen (secondary N) is 1. The van der Waals surface area contributed by atoms with Gasteiger partial charge in [-0.15, -0.1) is 0 Å². The highest BCUT2D eigenvalue weighted by atomic mass is 19.1. The molecule has 0 fully saturated rings. The van der Waals surface area contributed by atoms with Crippen molar-refractivity contribution in [2.24, 2.45) is 0 Å². The Morgan fingerprint density at radius 3 is 2.93 bits per heavy atom. The summed E-state index contributed by atoms with van der Waals surface area (Å²) in [5, 5.41) is 4.12. The number of benzene rings is 1. The largest absolute Gasteiger partial charge is 0.334 e. The number of rotatable bonds is 2. The Bertz CT molecular complexity index is 460. The van der Waals surface area contributed by atoms with E-state index in [4.69, 9.17) is 0 Å². The van der Waals surface area contributed by atoms with Crippen molar-refractivity contribution >= 4 is 10.9 Å². The second kappa shape index (κ2) is 3.42. The average Bonchev–Trinajstić information content (AvgIpc) is 2.51. The molecule has 0 spiro atoms. The van der Waals surface area contributed by atoms with Gasteiger partial charge in [0.15, 0.2) is 0 Å². The van der Waals surface area contributed by atoms with Crippen molar-refractivity contribution in [1.29, 1.82) is 0 Å². The standard InChI is InChI=1S/C11H13FN2/c1-8-5-9-3-4-14(7-13-2)11(9)6-10(8)12/h3-6,13H,7H2,1-2H3. The topological polar surface area (TPSA) is 17.0 Å². The normalized spacial score (nSPS) is 11.1. The van der Waals surface area contributed by atoms with Crippen LogP contribution in [0.4, 0.5) is 4.39 Å².